The average molecular weight is 746 g/mol. The molecule has 0 bridgehead atoms. The molecule has 4 unspecified atom stereocenters. The molecule has 0 rings (SSSR count). The predicted molar refractivity (Wildman–Crippen MR) is 228 cm³/mol. The summed E-state index contributed by atoms with van der Waals surface area (Å²) >= 11 is 0. The summed E-state index contributed by atoms with van der Waals surface area (Å²) in [5, 5.41) is 43.5. The molecule has 0 aromatic carbocycles. The second kappa shape index (κ2) is 41.4. The van der Waals surface area contributed by atoms with Gasteiger partial charge in [0.15, 0.2) is 0 Å². The quantitative estimate of drug-likeness (QED) is 0.0317. The van der Waals surface area contributed by atoms with E-state index in [-0.39, 0.29) is 0 Å². The average Bonchev–Trinajstić information content (AvgIpc) is 3.16. The minimum Gasteiger partial charge on any atom is -0.394 e. The number of hydrogen-bond acceptors (Lipinski definition) is 5. The van der Waals surface area contributed by atoms with Gasteiger partial charge >= 0.3 is 0 Å². The van der Waals surface area contributed by atoms with Crippen LogP contribution < -0.4 is 5.32 Å². The van der Waals surface area contributed by atoms with Gasteiger partial charge in [0, 0.05) is 0 Å². The van der Waals surface area contributed by atoms with Crippen LogP contribution >= 0.6 is 0 Å². The van der Waals surface area contributed by atoms with Crippen molar-refractivity contribution in [2.45, 2.75) is 237 Å². The van der Waals surface area contributed by atoms with E-state index < -0.39 is 36.9 Å². The van der Waals surface area contributed by atoms with E-state index in [9.17, 15) is 25.2 Å². The van der Waals surface area contributed by atoms with E-state index in [1.165, 1.54) is 109 Å². The lowest BCUT2D eigenvalue weighted by atomic mass is 10.00. The first-order chi connectivity index (χ1) is 26.0. The molecule has 0 aromatic heterocycles. The van der Waals surface area contributed by atoms with Crippen molar-refractivity contribution in [1.29, 1.82) is 0 Å². The SMILES string of the molecule is CCCCC/C=C\CCCCCCC(O)C(=O)NC(CO)C(O)C(O)CCC/C=C/CC/C=C/CC/C=C/CCCCCCCCCCCCCCC. The lowest BCUT2D eigenvalue weighted by molar-refractivity contribution is -0.132. The topological polar surface area (TPSA) is 110 Å². The maximum absolute atomic E-state index is 12.4. The Labute approximate surface area is 328 Å². The van der Waals surface area contributed by atoms with Crippen LogP contribution in [-0.2, 0) is 4.79 Å². The first-order valence-corrected chi connectivity index (χ1v) is 22.5. The number of allylic oxidation sites excluding steroid dienone is 8. The Bertz CT molecular complexity index is 884. The monoisotopic (exact) mass is 746 g/mol. The van der Waals surface area contributed by atoms with Crippen LogP contribution in [0.3, 0.4) is 0 Å². The number of carbonyl (C=O) groups excluding carboxylic acids is 1. The highest BCUT2D eigenvalue weighted by Gasteiger charge is 2.28. The van der Waals surface area contributed by atoms with Crippen LogP contribution in [0.1, 0.15) is 213 Å². The fraction of sp³-hybridized carbons (Fsp3) is 0.809. The van der Waals surface area contributed by atoms with Gasteiger partial charge in [-0.25, -0.2) is 0 Å². The molecule has 0 aliphatic carbocycles. The Kier molecular flexibility index (Phi) is 40.1. The number of aliphatic hydroxyl groups is 4. The number of hydrogen-bond donors (Lipinski definition) is 5. The highest BCUT2D eigenvalue weighted by Crippen LogP contribution is 2.14. The summed E-state index contributed by atoms with van der Waals surface area (Å²) in [5.74, 6) is -0.612. The van der Waals surface area contributed by atoms with E-state index in [1.54, 1.807) is 0 Å². The van der Waals surface area contributed by atoms with Gasteiger partial charge in [-0.05, 0) is 89.9 Å². The second-order valence-electron chi connectivity index (χ2n) is 15.4. The van der Waals surface area contributed by atoms with E-state index >= 15 is 0 Å². The molecule has 6 nitrogen and oxygen atoms in total. The molecule has 0 radical (unpaired) electrons. The van der Waals surface area contributed by atoms with Crippen molar-refractivity contribution in [3.63, 3.8) is 0 Å². The first-order valence-electron chi connectivity index (χ1n) is 22.5. The van der Waals surface area contributed by atoms with Gasteiger partial charge in [0.2, 0.25) is 5.91 Å². The van der Waals surface area contributed by atoms with Crippen molar-refractivity contribution in [2.24, 2.45) is 0 Å². The Balaban J connectivity index is 3.79. The number of unbranched alkanes of at least 4 members (excludes halogenated alkanes) is 23. The number of amides is 1. The molecule has 0 aliphatic heterocycles. The third-order valence-corrected chi connectivity index (χ3v) is 10.2. The normalized spacial score (nSPS) is 14.6. The molecule has 0 spiro atoms. The van der Waals surface area contributed by atoms with Crippen molar-refractivity contribution in [3.8, 4) is 0 Å². The third-order valence-electron chi connectivity index (χ3n) is 10.2. The van der Waals surface area contributed by atoms with Gasteiger partial charge in [0.25, 0.3) is 0 Å². The van der Waals surface area contributed by atoms with E-state index in [1.807, 2.05) is 0 Å². The molecule has 0 saturated heterocycles. The van der Waals surface area contributed by atoms with E-state index in [0.29, 0.717) is 19.3 Å². The van der Waals surface area contributed by atoms with Crippen LogP contribution in [0.25, 0.3) is 0 Å². The van der Waals surface area contributed by atoms with Gasteiger partial charge in [-0.3, -0.25) is 4.79 Å². The van der Waals surface area contributed by atoms with Crippen molar-refractivity contribution in [3.05, 3.63) is 48.6 Å². The standard InChI is InChI=1S/C47H87NO5/c1-3-5-7-9-11-13-15-16-17-18-19-20-21-22-23-24-25-26-27-28-29-31-32-34-36-38-40-44(50)46(52)43(42-49)48-47(53)45(51)41-39-37-35-33-30-14-12-10-8-6-4-2/h12,14,23-24,27-28,32,34,43-46,49-52H,3-11,13,15-22,25-26,29-31,33,35-42H2,1-2H3,(H,48,53)/b14-12-,24-23+,28-27+,34-32+. The zero-order valence-electron chi connectivity index (χ0n) is 34.8. The van der Waals surface area contributed by atoms with Crippen LogP contribution in [0.4, 0.5) is 0 Å². The van der Waals surface area contributed by atoms with Crippen LogP contribution in [0.5, 0.6) is 0 Å². The zero-order chi connectivity index (χ0) is 38.9. The van der Waals surface area contributed by atoms with E-state index in [0.717, 1.165) is 70.6 Å². The Morgan fingerprint density at radius 1 is 0.453 bits per heavy atom. The van der Waals surface area contributed by atoms with Gasteiger partial charge < -0.3 is 25.7 Å². The number of aliphatic hydroxyl groups excluding tert-OH is 4. The van der Waals surface area contributed by atoms with Crippen molar-refractivity contribution < 1.29 is 25.2 Å². The molecular weight excluding hydrogens is 659 g/mol. The summed E-state index contributed by atoms with van der Waals surface area (Å²) in [6.07, 6.45) is 50.2. The highest BCUT2D eigenvalue weighted by atomic mass is 16.3. The van der Waals surface area contributed by atoms with Gasteiger partial charge in [0.1, 0.15) is 12.2 Å². The molecule has 310 valence electrons. The minimum absolute atomic E-state index is 0.342. The Morgan fingerprint density at radius 2 is 0.792 bits per heavy atom. The number of carbonyl (C=O) groups is 1. The molecule has 0 saturated carbocycles. The molecule has 1 amide bonds. The maximum Gasteiger partial charge on any atom is 0.249 e. The summed E-state index contributed by atoms with van der Waals surface area (Å²) in [6.45, 7) is 3.99. The maximum atomic E-state index is 12.4. The van der Waals surface area contributed by atoms with Gasteiger partial charge in [0.05, 0.1) is 18.8 Å². The lowest BCUT2D eigenvalue weighted by Crippen LogP contribution is -2.53. The Morgan fingerprint density at radius 3 is 1.23 bits per heavy atom. The molecule has 6 heteroatoms. The summed E-state index contributed by atoms with van der Waals surface area (Å²) in [6, 6.07) is -1.02. The van der Waals surface area contributed by atoms with Crippen LogP contribution in [-0.4, -0.2) is 57.3 Å². The molecule has 0 fully saturated rings. The second-order valence-corrected chi connectivity index (χ2v) is 15.4. The number of rotatable bonds is 40. The van der Waals surface area contributed by atoms with Crippen LogP contribution in [0, 0.1) is 0 Å². The molecule has 0 aromatic rings. The number of nitrogens with one attached hydrogen (secondary N) is 1. The van der Waals surface area contributed by atoms with E-state index in [2.05, 4.69) is 67.8 Å². The van der Waals surface area contributed by atoms with Gasteiger partial charge in [-0.1, -0.05) is 172 Å². The minimum atomic E-state index is -1.30. The molecule has 53 heavy (non-hydrogen) atoms. The fourth-order valence-electron chi connectivity index (χ4n) is 6.61. The van der Waals surface area contributed by atoms with Crippen LogP contribution in [0.2, 0.25) is 0 Å². The van der Waals surface area contributed by atoms with Crippen LogP contribution in [0.15, 0.2) is 48.6 Å². The molecule has 0 heterocycles. The third kappa shape index (κ3) is 35.7. The highest BCUT2D eigenvalue weighted by molar-refractivity contribution is 5.80. The van der Waals surface area contributed by atoms with E-state index in [4.69, 9.17) is 0 Å². The Hall–Kier alpha value is -1.73. The summed E-state index contributed by atoms with van der Waals surface area (Å²) in [4.78, 5) is 12.4. The predicted octanol–water partition coefficient (Wildman–Crippen LogP) is 11.9. The zero-order valence-corrected chi connectivity index (χ0v) is 34.8. The van der Waals surface area contributed by atoms with Gasteiger partial charge in [-0.2, -0.15) is 0 Å². The largest absolute Gasteiger partial charge is 0.394 e. The van der Waals surface area contributed by atoms with Crippen molar-refractivity contribution in [1.82, 2.24) is 5.32 Å². The summed E-state index contributed by atoms with van der Waals surface area (Å²) in [7, 11) is 0. The molecule has 0 aliphatic rings. The smallest absolute Gasteiger partial charge is 0.249 e. The molecular formula is C47H87NO5. The lowest BCUT2D eigenvalue weighted by Gasteiger charge is -2.27. The molecule has 5 N–H and O–H groups in total. The molecule has 4 atom stereocenters. The van der Waals surface area contributed by atoms with Crippen molar-refractivity contribution in [2.75, 3.05) is 6.61 Å². The fourth-order valence-corrected chi connectivity index (χ4v) is 6.61. The first kappa shape index (κ1) is 51.3. The van der Waals surface area contributed by atoms with Crippen molar-refractivity contribution >= 4 is 5.91 Å². The summed E-state index contributed by atoms with van der Waals surface area (Å²) in [5.41, 5.74) is 0. The van der Waals surface area contributed by atoms with Gasteiger partial charge in [-0.15, -0.1) is 0 Å². The summed E-state index contributed by atoms with van der Waals surface area (Å²) < 4.78 is 0.